The lowest BCUT2D eigenvalue weighted by Crippen LogP contribution is -2.11. The normalized spacial score (nSPS) is 10.2. The number of nitrogens with zero attached hydrogens (tertiary/aromatic N) is 1. The number of hydrogen-bond acceptors (Lipinski definition) is 4. The van der Waals surface area contributed by atoms with Gasteiger partial charge in [-0.15, -0.1) is 0 Å². The molecule has 1 rings (SSSR count). The fourth-order valence-corrected chi connectivity index (χ4v) is 0.983. The van der Waals surface area contributed by atoms with Gasteiger partial charge in [-0.2, -0.15) is 0 Å². The van der Waals surface area contributed by atoms with E-state index in [4.69, 9.17) is 9.47 Å². The van der Waals surface area contributed by atoms with E-state index < -0.39 is 0 Å². The Morgan fingerprint density at radius 1 is 1.40 bits per heavy atom. The van der Waals surface area contributed by atoms with Crippen LogP contribution in [0.25, 0.3) is 0 Å². The third-order valence-electron chi connectivity index (χ3n) is 1.77. The lowest BCUT2D eigenvalue weighted by Gasteiger charge is -2.04. The highest BCUT2D eigenvalue weighted by Crippen LogP contribution is 1.98. The van der Waals surface area contributed by atoms with Crippen LogP contribution in [-0.4, -0.2) is 29.8 Å². The Balaban J connectivity index is 2.12. The van der Waals surface area contributed by atoms with Gasteiger partial charge >= 0.3 is 0 Å². The average Bonchev–Trinajstić information content (AvgIpc) is 2.23. The first-order valence-corrected chi connectivity index (χ1v) is 5.08. The highest BCUT2D eigenvalue weighted by atomic mass is 16.5. The summed E-state index contributed by atoms with van der Waals surface area (Å²) in [5.41, 5.74) is -0.216. The molecule has 5 heteroatoms. The number of H-pyrrole nitrogens is 1. The summed E-state index contributed by atoms with van der Waals surface area (Å²) >= 11 is 0. The molecule has 0 amide bonds. The average molecular weight is 212 g/mol. The summed E-state index contributed by atoms with van der Waals surface area (Å²) < 4.78 is 10.5. The molecule has 0 fully saturated rings. The summed E-state index contributed by atoms with van der Waals surface area (Å²) in [5.74, 6) is 0.331. The molecule has 0 aromatic carbocycles. The first kappa shape index (κ1) is 11.7. The van der Waals surface area contributed by atoms with Gasteiger partial charge in [0, 0.05) is 6.61 Å². The maximum atomic E-state index is 10.9. The summed E-state index contributed by atoms with van der Waals surface area (Å²) in [6.45, 7) is 3.80. The maximum Gasteiger partial charge on any atom is 0.254 e. The van der Waals surface area contributed by atoms with Crippen molar-refractivity contribution >= 4 is 0 Å². The van der Waals surface area contributed by atoms with E-state index in [0.717, 1.165) is 19.4 Å². The second-order valence-corrected chi connectivity index (χ2v) is 3.06. The molecule has 1 aromatic rings. The number of rotatable bonds is 7. The number of aromatic amines is 1. The third-order valence-corrected chi connectivity index (χ3v) is 1.77. The van der Waals surface area contributed by atoms with Gasteiger partial charge < -0.3 is 14.5 Å². The van der Waals surface area contributed by atoms with Crippen molar-refractivity contribution in [3.63, 3.8) is 0 Å². The number of nitrogens with one attached hydrogen (secondary N) is 1. The standard InChI is InChI=1S/C10H16N2O3/c1-2-3-4-14-5-6-15-10-7-9(13)11-8-12-10/h7-8H,2-6H2,1H3,(H,11,12,13). The fraction of sp³-hybridized carbons (Fsp3) is 0.600. The van der Waals surface area contributed by atoms with Gasteiger partial charge in [-0.3, -0.25) is 4.79 Å². The predicted molar refractivity (Wildman–Crippen MR) is 56.1 cm³/mol. The molecule has 0 radical (unpaired) electrons. The highest BCUT2D eigenvalue weighted by Gasteiger charge is 1.95. The van der Waals surface area contributed by atoms with Crippen LogP contribution in [0.5, 0.6) is 5.88 Å². The van der Waals surface area contributed by atoms with Crippen molar-refractivity contribution < 1.29 is 9.47 Å². The molecule has 0 aliphatic rings. The molecule has 0 aliphatic heterocycles. The van der Waals surface area contributed by atoms with Crippen LogP contribution >= 0.6 is 0 Å². The molecule has 0 spiro atoms. The lowest BCUT2D eigenvalue weighted by atomic mass is 10.4. The number of hydrogen-bond donors (Lipinski definition) is 1. The van der Waals surface area contributed by atoms with Crippen LogP contribution in [0.4, 0.5) is 0 Å². The Morgan fingerprint density at radius 3 is 3.00 bits per heavy atom. The van der Waals surface area contributed by atoms with E-state index in [1.54, 1.807) is 0 Å². The molecule has 84 valence electrons. The number of ether oxygens (including phenoxy) is 2. The van der Waals surface area contributed by atoms with Crippen LogP contribution in [-0.2, 0) is 4.74 Å². The molecule has 0 atom stereocenters. The van der Waals surface area contributed by atoms with Crippen molar-refractivity contribution in [2.45, 2.75) is 19.8 Å². The third kappa shape index (κ3) is 5.17. The zero-order chi connectivity index (χ0) is 10.9. The van der Waals surface area contributed by atoms with Crippen LogP contribution in [0.3, 0.4) is 0 Å². The predicted octanol–water partition coefficient (Wildman–Crippen LogP) is 0.965. The van der Waals surface area contributed by atoms with Crippen molar-refractivity contribution in [1.29, 1.82) is 0 Å². The Labute approximate surface area is 88.4 Å². The second-order valence-electron chi connectivity index (χ2n) is 3.06. The summed E-state index contributed by atoms with van der Waals surface area (Å²) in [5, 5.41) is 0. The molecule has 0 aliphatic carbocycles. The Morgan fingerprint density at radius 2 is 2.27 bits per heavy atom. The summed E-state index contributed by atoms with van der Waals surface area (Å²) in [6, 6.07) is 1.31. The fourth-order valence-electron chi connectivity index (χ4n) is 0.983. The molecule has 1 heterocycles. The van der Waals surface area contributed by atoms with E-state index in [9.17, 15) is 4.79 Å². The van der Waals surface area contributed by atoms with Crippen molar-refractivity contribution in [3.8, 4) is 5.88 Å². The van der Waals surface area contributed by atoms with Gasteiger partial charge in [-0.25, -0.2) is 4.98 Å². The second kappa shape index (κ2) is 7.00. The molecule has 0 saturated heterocycles. The topological polar surface area (TPSA) is 64.2 Å². The number of unbranched alkanes of at least 4 members (excludes halogenated alkanes) is 1. The first-order valence-electron chi connectivity index (χ1n) is 5.08. The Kier molecular flexibility index (Phi) is 5.47. The van der Waals surface area contributed by atoms with Gasteiger partial charge in [0.05, 0.1) is 19.0 Å². The maximum absolute atomic E-state index is 10.9. The van der Waals surface area contributed by atoms with Crippen LogP contribution < -0.4 is 10.3 Å². The van der Waals surface area contributed by atoms with Crippen molar-refractivity contribution in [2.24, 2.45) is 0 Å². The lowest BCUT2D eigenvalue weighted by molar-refractivity contribution is 0.0964. The Bertz CT molecular complexity index is 324. The van der Waals surface area contributed by atoms with Crippen LogP contribution in [0.1, 0.15) is 19.8 Å². The molecule has 5 nitrogen and oxygen atoms in total. The van der Waals surface area contributed by atoms with Gasteiger partial charge in [-0.1, -0.05) is 13.3 Å². The summed E-state index contributed by atoms with van der Waals surface area (Å²) in [4.78, 5) is 17.1. The highest BCUT2D eigenvalue weighted by molar-refractivity contribution is 5.04. The first-order chi connectivity index (χ1) is 7.33. The molecule has 0 saturated carbocycles. The SMILES string of the molecule is CCCCOCCOc1cc(=O)[nH]cn1. The minimum atomic E-state index is -0.216. The molecule has 0 unspecified atom stereocenters. The smallest absolute Gasteiger partial charge is 0.254 e. The molecular weight excluding hydrogens is 196 g/mol. The van der Waals surface area contributed by atoms with E-state index in [2.05, 4.69) is 16.9 Å². The molecule has 15 heavy (non-hydrogen) atoms. The molecule has 0 bridgehead atoms. The van der Waals surface area contributed by atoms with Gasteiger partial charge in [0.2, 0.25) is 5.88 Å². The minimum absolute atomic E-state index is 0.216. The largest absolute Gasteiger partial charge is 0.475 e. The van der Waals surface area contributed by atoms with Crippen molar-refractivity contribution in [1.82, 2.24) is 9.97 Å². The summed E-state index contributed by atoms with van der Waals surface area (Å²) in [7, 11) is 0. The molecular formula is C10H16N2O3. The van der Waals surface area contributed by atoms with E-state index in [0.29, 0.717) is 19.1 Å². The van der Waals surface area contributed by atoms with Gasteiger partial charge in [0.15, 0.2) is 0 Å². The van der Waals surface area contributed by atoms with Crippen molar-refractivity contribution in [3.05, 3.63) is 22.7 Å². The van der Waals surface area contributed by atoms with Crippen LogP contribution in [0.15, 0.2) is 17.2 Å². The molecule has 1 N–H and O–H groups in total. The van der Waals surface area contributed by atoms with Crippen LogP contribution in [0.2, 0.25) is 0 Å². The zero-order valence-electron chi connectivity index (χ0n) is 8.86. The Hall–Kier alpha value is -1.36. The molecule has 1 aromatic heterocycles. The number of aromatic nitrogens is 2. The van der Waals surface area contributed by atoms with Gasteiger partial charge in [0.1, 0.15) is 6.61 Å². The van der Waals surface area contributed by atoms with E-state index in [1.807, 2.05) is 0 Å². The van der Waals surface area contributed by atoms with E-state index in [1.165, 1.54) is 12.4 Å². The van der Waals surface area contributed by atoms with Crippen molar-refractivity contribution in [2.75, 3.05) is 19.8 Å². The monoisotopic (exact) mass is 212 g/mol. The van der Waals surface area contributed by atoms with E-state index >= 15 is 0 Å². The summed E-state index contributed by atoms with van der Waals surface area (Å²) in [6.07, 6.45) is 3.50. The zero-order valence-corrected chi connectivity index (χ0v) is 8.86. The quantitative estimate of drug-likeness (QED) is 0.684. The van der Waals surface area contributed by atoms with E-state index in [-0.39, 0.29) is 5.56 Å². The minimum Gasteiger partial charge on any atom is -0.475 e. The van der Waals surface area contributed by atoms with Gasteiger partial charge in [-0.05, 0) is 6.42 Å². The van der Waals surface area contributed by atoms with Crippen LogP contribution in [0, 0.1) is 0 Å². The van der Waals surface area contributed by atoms with Gasteiger partial charge in [0.25, 0.3) is 5.56 Å².